The highest BCUT2D eigenvalue weighted by Crippen LogP contribution is 2.22. The Labute approximate surface area is 82.7 Å². The van der Waals surface area contributed by atoms with E-state index < -0.39 is 5.82 Å². The van der Waals surface area contributed by atoms with E-state index in [1.54, 1.807) is 13.0 Å². The minimum absolute atomic E-state index is 0.0423. The molecule has 3 heteroatoms. The van der Waals surface area contributed by atoms with Crippen molar-refractivity contribution >= 4 is 6.29 Å². The summed E-state index contributed by atoms with van der Waals surface area (Å²) in [4.78, 5) is 10.5. The Kier molecular flexibility index (Phi) is 3.23. The summed E-state index contributed by atoms with van der Waals surface area (Å²) in [6, 6.07) is 3.08. The van der Waals surface area contributed by atoms with Crippen molar-refractivity contribution in [1.29, 1.82) is 0 Å². The number of ether oxygens (including phenoxy) is 1. The van der Waals surface area contributed by atoms with Crippen molar-refractivity contribution < 1.29 is 13.9 Å². The van der Waals surface area contributed by atoms with Crippen LogP contribution in [0.25, 0.3) is 0 Å². The number of halogens is 1. The maximum atomic E-state index is 13.5. The molecule has 0 amide bonds. The van der Waals surface area contributed by atoms with Gasteiger partial charge in [0.25, 0.3) is 0 Å². The van der Waals surface area contributed by atoms with Crippen LogP contribution >= 0.6 is 0 Å². The summed E-state index contributed by atoms with van der Waals surface area (Å²) in [6.07, 6.45) is 0.390. The van der Waals surface area contributed by atoms with Crippen molar-refractivity contribution in [1.82, 2.24) is 0 Å². The van der Waals surface area contributed by atoms with Gasteiger partial charge in [-0.3, -0.25) is 4.79 Å². The summed E-state index contributed by atoms with van der Waals surface area (Å²) in [5.74, 6) is -0.443. The normalized spacial score (nSPS) is 10.4. The molecule has 0 saturated heterocycles. The Hall–Kier alpha value is -1.38. The van der Waals surface area contributed by atoms with E-state index in [0.29, 0.717) is 6.29 Å². The van der Waals surface area contributed by atoms with Crippen molar-refractivity contribution in [2.45, 2.75) is 26.9 Å². The Morgan fingerprint density at radius 1 is 1.43 bits per heavy atom. The fraction of sp³-hybridized carbons (Fsp3) is 0.364. The Morgan fingerprint density at radius 2 is 2.07 bits per heavy atom. The van der Waals surface area contributed by atoms with Gasteiger partial charge < -0.3 is 4.74 Å². The molecule has 1 aromatic rings. The zero-order valence-electron chi connectivity index (χ0n) is 8.50. The molecule has 0 spiro atoms. The zero-order valence-corrected chi connectivity index (χ0v) is 8.50. The van der Waals surface area contributed by atoms with Crippen LogP contribution in [-0.2, 0) is 0 Å². The van der Waals surface area contributed by atoms with Crippen LogP contribution < -0.4 is 4.74 Å². The first-order valence-electron chi connectivity index (χ1n) is 4.46. The minimum Gasteiger partial charge on any atom is -0.488 e. The van der Waals surface area contributed by atoms with Crippen LogP contribution in [0.2, 0.25) is 0 Å². The molecule has 76 valence electrons. The van der Waals surface area contributed by atoms with Gasteiger partial charge in [-0.1, -0.05) is 0 Å². The van der Waals surface area contributed by atoms with Gasteiger partial charge in [-0.2, -0.15) is 0 Å². The van der Waals surface area contributed by atoms with E-state index in [1.165, 1.54) is 6.07 Å². The molecule has 0 aromatic heterocycles. The van der Waals surface area contributed by atoms with E-state index in [0.717, 1.165) is 5.56 Å². The maximum absolute atomic E-state index is 13.5. The number of hydrogen-bond donors (Lipinski definition) is 0. The summed E-state index contributed by atoms with van der Waals surface area (Å²) in [7, 11) is 0. The fourth-order valence-corrected chi connectivity index (χ4v) is 1.19. The van der Waals surface area contributed by atoms with Gasteiger partial charge in [-0.15, -0.1) is 0 Å². The molecule has 14 heavy (non-hydrogen) atoms. The van der Waals surface area contributed by atoms with Gasteiger partial charge in [0.05, 0.1) is 11.7 Å². The lowest BCUT2D eigenvalue weighted by Crippen LogP contribution is -2.08. The van der Waals surface area contributed by atoms with Crippen LogP contribution in [0.5, 0.6) is 5.75 Å². The molecule has 2 nitrogen and oxygen atoms in total. The summed E-state index contributed by atoms with van der Waals surface area (Å²) in [5.41, 5.74) is 0.852. The molecular formula is C11H13FO2. The second-order valence-electron chi connectivity index (χ2n) is 3.45. The molecule has 0 N–H and O–H groups in total. The molecule has 0 aliphatic rings. The standard InChI is InChI=1S/C11H13FO2/c1-7(2)14-10-5-8(3)4-9(6-13)11(10)12/h4-7H,1-3H3. The first-order chi connectivity index (χ1) is 6.54. The molecule has 1 rings (SSSR count). The molecule has 0 fully saturated rings. The van der Waals surface area contributed by atoms with E-state index >= 15 is 0 Å². The number of benzene rings is 1. The van der Waals surface area contributed by atoms with Gasteiger partial charge in [0.1, 0.15) is 0 Å². The van der Waals surface area contributed by atoms with Crippen molar-refractivity contribution in [3.8, 4) is 5.75 Å². The maximum Gasteiger partial charge on any atom is 0.175 e. The minimum atomic E-state index is -0.584. The van der Waals surface area contributed by atoms with Crippen molar-refractivity contribution in [2.24, 2.45) is 0 Å². The lowest BCUT2D eigenvalue weighted by molar-refractivity contribution is 0.111. The predicted molar refractivity (Wildman–Crippen MR) is 52.3 cm³/mol. The van der Waals surface area contributed by atoms with Gasteiger partial charge in [0.2, 0.25) is 0 Å². The number of rotatable bonds is 3. The molecule has 0 unspecified atom stereocenters. The zero-order chi connectivity index (χ0) is 10.7. The van der Waals surface area contributed by atoms with E-state index in [2.05, 4.69) is 0 Å². The molecule has 0 aliphatic carbocycles. The Balaban J connectivity index is 3.15. The van der Waals surface area contributed by atoms with Gasteiger partial charge in [0.15, 0.2) is 17.9 Å². The Bertz CT molecular complexity index is 345. The highest BCUT2D eigenvalue weighted by molar-refractivity contribution is 5.76. The van der Waals surface area contributed by atoms with Crippen molar-refractivity contribution in [2.75, 3.05) is 0 Å². The van der Waals surface area contributed by atoms with Crippen molar-refractivity contribution in [3.63, 3.8) is 0 Å². The molecule has 0 saturated carbocycles. The molecule has 0 aliphatic heterocycles. The predicted octanol–water partition coefficient (Wildman–Crippen LogP) is 2.73. The SMILES string of the molecule is Cc1cc(C=O)c(F)c(OC(C)C)c1. The first kappa shape index (κ1) is 10.7. The van der Waals surface area contributed by atoms with Crippen LogP contribution in [-0.4, -0.2) is 12.4 Å². The van der Waals surface area contributed by atoms with Crippen LogP contribution in [0.1, 0.15) is 29.8 Å². The van der Waals surface area contributed by atoms with Crippen molar-refractivity contribution in [3.05, 3.63) is 29.1 Å². The largest absolute Gasteiger partial charge is 0.488 e. The number of carbonyl (C=O) groups excluding carboxylic acids is 1. The summed E-state index contributed by atoms with van der Waals surface area (Å²) < 4.78 is 18.7. The van der Waals surface area contributed by atoms with Crippen LogP contribution in [0.3, 0.4) is 0 Å². The highest BCUT2D eigenvalue weighted by Gasteiger charge is 2.11. The average molecular weight is 196 g/mol. The van der Waals surface area contributed by atoms with Crippen LogP contribution in [0.4, 0.5) is 4.39 Å². The van der Waals surface area contributed by atoms with Crippen LogP contribution in [0.15, 0.2) is 12.1 Å². The average Bonchev–Trinajstić information content (AvgIpc) is 2.09. The summed E-state index contributed by atoms with van der Waals surface area (Å²) in [6.45, 7) is 5.41. The van der Waals surface area contributed by atoms with Gasteiger partial charge in [-0.25, -0.2) is 4.39 Å². The van der Waals surface area contributed by atoms with E-state index in [-0.39, 0.29) is 17.4 Å². The summed E-state index contributed by atoms with van der Waals surface area (Å²) >= 11 is 0. The monoisotopic (exact) mass is 196 g/mol. The van der Waals surface area contributed by atoms with Gasteiger partial charge >= 0.3 is 0 Å². The third-order valence-corrected chi connectivity index (χ3v) is 1.70. The highest BCUT2D eigenvalue weighted by atomic mass is 19.1. The number of hydrogen-bond acceptors (Lipinski definition) is 2. The molecule has 0 bridgehead atoms. The third-order valence-electron chi connectivity index (χ3n) is 1.70. The van der Waals surface area contributed by atoms with Gasteiger partial charge in [-0.05, 0) is 38.5 Å². The molecule has 0 heterocycles. The second-order valence-corrected chi connectivity index (χ2v) is 3.45. The fourth-order valence-electron chi connectivity index (χ4n) is 1.19. The first-order valence-corrected chi connectivity index (χ1v) is 4.46. The van der Waals surface area contributed by atoms with E-state index in [1.807, 2.05) is 13.8 Å². The quantitative estimate of drug-likeness (QED) is 0.695. The van der Waals surface area contributed by atoms with E-state index in [9.17, 15) is 9.18 Å². The molecule has 0 radical (unpaired) electrons. The van der Waals surface area contributed by atoms with E-state index in [4.69, 9.17) is 4.74 Å². The Morgan fingerprint density at radius 3 is 2.57 bits per heavy atom. The molecular weight excluding hydrogens is 183 g/mol. The van der Waals surface area contributed by atoms with Crippen LogP contribution in [0, 0.1) is 12.7 Å². The number of carbonyl (C=O) groups is 1. The topological polar surface area (TPSA) is 26.3 Å². The molecule has 0 atom stereocenters. The number of aldehydes is 1. The third kappa shape index (κ3) is 2.31. The number of aryl methyl sites for hydroxylation is 1. The lowest BCUT2D eigenvalue weighted by Gasteiger charge is -2.12. The summed E-state index contributed by atoms with van der Waals surface area (Å²) in [5, 5.41) is 0. The second kappa shape index (κ2) is 4.22. The smallest absolute Gasteiger partial charge is 0.175 e. The molecule has 1 aromatic carbocycles. The lowest BCUT2D eigenvalue weighted by atomic mass is 10.1. The van der Waals surface area contributed by atoms with Gasteiger partial charge in [0, 0.05) is 0 Å².